The second-order valence-electron chi connectivity index (χ2n) is 6.03. The number of hydrogen-bond acceptors (Lipinski definition) is 5. The lowest BCUT2D eigenvalue weighted by Crippen LogP contribution is -2.41. The van der Waals surface area contributed by atoms with Crippen LogP contribution in [-0.4, -0.2) is 53.1 Å². The van der Waals surface area contributed by atoms with E-state index < -0.39 is 0 Å². The van der Waals surface area contributed by atoms with Gasteiger partial charge >= 0.3 is 0 Å². The SMILES string of the molecule is COCCNC(=O)c1cn2c(n1)[C@@H](C)N(C(=O)c1occc1C)CC2. The maximum atomic E-state index is 12.7. The number of aryl methyl sites for hydroxylation is 1. The Hall–Kier alpha value is -2.61. The van der Waals surface area contributed by atoms with Crippen molar-refractivity contribution < 1.29 is 18.7 Å². The van der Waals surface area contributed by atoms with Crippen LogP contribution in [0.3, 0.4) is 0 Å². The molecule has 0 bridgehead atoms. The fraction of sp³-hybridized carbons (Fsp3) is 0.471. The third-order valence-electron chi connectivity index (χ3n) is 4.37. The van der Waals surface area contributed by atoms with Gasteiger partial charge in [-0.2, -0.15) is 0 Å². The minimum absolute atomic E-state index is 0.157. The highest BCUT2D eigenvalue weighted by Crippen LogP contribution is 2.27. The molecule has 1 aliphatic heterocycles. The molecule has 8 heteroatoms. The Labute approximate surface area is 145 Å². The number of nitrogens with one attached hydrogen (secondary N) is 1. The summed E-state index contributed by atoms with van der Waals surface area (Å²) in [6.45, 7) is 5.74. The van der Waals surface area contributed by atoms with E-state index in [2.05, 4.69) is 10.3 Å². The minimum atomic E-state index is -0.245. The number of imidazole rings is 1. The molecule has 0 saturated heterocycles. The van der Waals surface area contributed by atoms with Crippen molar-refractivity contribution in [1.82, 2.24) is 19.8 Å². The van der Waals surface area contributed by atoms with E-state index in [1.54, 1.807) is 24.3 Å². The van der Waals surface area contributed by atoms with Crippen LogP contribution < -0.4 is 5.32 Å². The highest BCUT2D eigenvalue weighted by molar-refractivity contribution is 5.93. The third-order valence-corrected chi connectivity index (χ3v) is 4.37. The van der Waals surface area contributed by atoms with Crippen LogP contribution >= 0.6 is 0 Å². The van der Waals surface area contributed by atoms with Gasteiger partial charge in [-0.25, -0.2) is 4.98 Å². The molecule has 2 amide bonds. The Morgan fingerprint density at radius 1 is 1.44 bits per heavy atom. The van der Waals surface area contributed by atoms with Crippen LogP contribution in [0.4, 0.5) is 0 Å². The van der Waals surface area contributed by atoms with Crippen LogP contribution in [-0.2, 0) is 11.3 Å². The highest BCUT2D eigenvalue weighted by Gasteiger charge is 2.32. The van der Waals surface area contributed by atoms with Gasteiger partial charge in [0.1, 0.15) is 11.5 Å². The smallest absolute Gasteiger partial charge is 0.290 e. The summed E-state index contributed by atoms with van der Waals surface area (Å²) in [6.07, 6.45) is 3.24. The Morgan fingerprint density at radius 3 is 2.92 bits per heavy atom. The molecule has 0 fully saturated rings. The molecule has 134 valence electrons. The lowest BCUT2D eigenvalue weighted by Gasteiger charge is -2.33. The molecule has 0 aliphatic carbocycles. The van der Waals surface area contributed by atoms with Crippen LogP contribution in [0, 0.1) is 6.92 Å². The zero-order chi connectivity index (χ0) is 18.0. The summed E-state index contributed by atoms with van der Waals surface area (Å²) < 4.78 is 12.2. The van der Waals surface area contributed by atoms with E-state index in [4.69, 9.17) is 9.15 Å². The molecule has 1 atom stereocenters. The summed E-state index contributed by atoms with van der Waals surface area (Å²) in [5.74, 6) is 0.645. The van der Waals surface area contributed by atoms with Gasteiger partial charge in [0.25, 0.3) is 11.8 Å². The molecular weight excluding hydrogens is 324 g/mol. The summed E-state index contributed by atoms with van der Waals surface area (Å²) in [4.78, 5) is 31.0. The molecule has 25 heavy (non-hydrogen) atoms. The van der Waals surface area contributed by atoms with Crippen molar-refractivity contribution in [3.63, 3.8) is 0 Å². The Kier molecular flexibility index (Phi) is 4.89. The Bertz CT molecular complexity index is 779. The number of nitrogens with zero attached hydrogens (tertiary/aromatic N) is 3. The van der Waals surface area contributed by atoms with Crippen molar-refractivity contribution >= 4 is 11.8 Å². The molecule has 0 radical (unpaired) electrons. The third kappa shape index (κ3) is 3.30. The molecule has 1 N–H and O–H groups in total. The average Bonchev–Trinajstić information content (AvgIpc) is 3.21. The van der Waals surface area contributed by atoms with E-state index in [0.29, 0.717) is 43.5 Å². The van der Waals surface area contributed by atoms with Crippen molar-refractivity contribution in [2.24, 2.45) is 0 Å². The first-order chi connectivity index (χ1) is 12.0. The maximum Gasteiger partial charge on any atom is 0.290 e. The zero-order valence-electron chi connectivity index (χ0n) is 14.6. The second-order valence-corrected chi connectivity index (χ2v) is 6.03. The quantitative estimate of drug-likeness (QED) is 0.826. The molecule has 2 aromatic rings. The molecule has 2 aromatic heterocycles. The molecule has 0 spiro atoms. The van der Waals surface area contributed by atoms with Crippen LogP contribution in [0.25, 0.3) is 0 Å². The molecule has 3 heterocycles. The predicted octanol–water partition coefficient (Wildman–Crippen LogP) is 1.38. The number of amides is 2. The van der Waals surface area contributed by atoms with Crippen molar-refractivity contribution in [3.05, 3.63) is 41.4 Å². The lowest BCUT2D eigenvalue weighted by molar-refractivity contribution is 0.0604. The van der Waals surface area contributed by atoms with Gasteiger partial charge in [0.05, 0.1) is 18.9 Å². The van der Waals surface area contributed by atoms with E-state index >= 15 is 0 Å². The molecule has 0 saturated carbocycles. The van der Waals surface area contributed by atoms with Gasteiger partial charge in [-0.3, -0.25) is 9.59 Å². The first-order valence-corrected chi connectivity index (χ1v) is 8.22. The van der Waals surface area contributed by atoms with Crippen LogP contribution in [0.15, 0.2) is 22.9 Å². The van der Waals surface area contributed by atoms with Crippen molar-refractivity contribution in [2.45, 2.75) is 26.4 Å². The fourth-order valence-corrected chi connectivity index (χ4v) is 2.96. The van der Waals surface area contributed by atoms with Crippen LogP contribution in [0.2, 0.25) is 0 Å². The van der Waals surface area contributed by atoms with E-state index in [1.165, 1.54) is 6.26 Å². The van der Waals surface area contributed by atoms with Crippen molar-refractivity contribution in [2.75, 3.05) is 26.8 Å². The normalized spacial score (nSPS) is 16.6. The number of carbonyl (C=O) groups is 2. The summed E-state index contributed by atoms with van der Waals surface area (Å²) in [6, 6.07) is 1.52. The first kappa shape index (κ1) is 17.2. The largest absolute Gasteiger partial charge is 0.459 e. The van der Waals surface area contributed by atoms with E-state index in [0.717, 1.165) is 5.56 Å². The fourth-order valence-electron chi connectivity index (χ4n) is 2.96. The maximum absolute atomic E-state index is 12.7. The summed E-state index contributed by atoms with van der Waals surface area (Å²) in [5.41, 5.74) is 1.16. The number of ether oxygens (including phenoxy) is 1. The average molecular weight is 346 g/mol. The molecule has 0 aromatic carbocycles. The lowest BCUT2D eigenvalue weighted by atomic mass is 10.1. The standard InChI is InChI=1S/C17H22N4O4/c1-11-4-8-25-14(11)17(23)21-7-6-20-10-13(19-15(20)12(21)2)16(22)18-5-9-24-3/h4,8,10,12H,5-7,9H2,1-3H3,(H,18,22)/t12-/m1/s1. The number of hydrogen-bond donors (Lipinski definition) is 1. The number of rotatable bonds is 5. The monoisotopic (exact) mass is 346 g/mol. The van der Waals surface area contributed by atoms with Gasteiger partial charge in [0.2, 0.25) is 0 Å². The first-order valence-electron chi connectivity index (χ1n) is 8.22. The summed E-state index contributed by atoms with van der Waals surface area (Å²) in [5, 5.41) is 2.75. The number of methoxy groups -OCH3 is 1. The van der Waals surface area contributed by atoms with Crippen LogP contribution in [0.5, 0.6) is 0 Å². The van der Waals surface area contributed by atoms with Gasteiger partial charge in [-0.1, -0.05) is 0 Å². The highest BCUT2D eigenvalue weighted by atomic mass is 16.5. The summed E-state index contributed by atoms with van der Waals surface area (Å²) in [7, 11) is 1.58. The van der Waals surface area contributed by atoms with Gasteiger partial charge in [0.15, 0.2) is 5.76 Å². The minimum Gasteiger partial charge on any atom is -0.459 e. The predicted molar refractivity (Wildman–Crippen MR) is 89.3 cm³/mol. The van der Waals surface area contributed by atoms with Crippen molar-refractivity contribution in [1.29, 1.82) is 0 Å². The number of aromatic nitrogens is 2. The van der Waals surface area contributed by atoms with Gasteiger partial charge in [-0.05, 0) is 19.9 Å². The topological polar surface area (TPSA) is 89.6 Å². The molecule has 0 unspecified atom stereocenters. The summed E-state index contributed by atoms with van der Waals surface area (Å²) >= 11 is 0. The molecule has 1 aliphatic rings. The van der Waals surface area contributed by atoms with E-state index in [1.807, 2.05) is 18.4 Å². The van der Waals surface area contributed by atoms with E-state index in [-0.39, 0.29) is 17.9 Å². The number of fused-ring (bicyclic) bond motifs is 1. The molecule has 8 nitrogen and oxygen atoms in total. The Balaban J connectivity index is 1.76. The van der Waals surface area contributed by atoms with Crippen molar-refractivity contribution in [3.8, 4) is 0 Å². The zero-order valence-corrected chi connectivity index (χ0v) is 14.6. The van der Waals surface area contributed by atoms with Gasteiger partial charge < -0.3 is 23.9 Å². The molecule has 3 rings (SSSR count). The van der Waals surface area contributed by atoms with E-state index in [9.17, 15) is 9.59 Å². The Morgan fingerprint density at radius 2 is 2.24 bits per heavy atom. The van der Waals surface area contributed by atoms with Gasteiger partial charge in [0, 0.05) is 38.5 Å². The van der Waals surface area contributed by atoms with Gasteiger partial charge in [-0.15, -0.1) is 0 Å². The number of furan rings is 1. The van der Waals surface area contributed by atoms with Crippen LogP contribution in [0.1, 0.15) is 45.4 Å². The number of carbonyl (C=O) groups excluding carboxylic acids is 2. The second kappa shape index (κ2) is 7.10. The molecular formula is C17H22N4O4.